The summed E-state index contributed by atoms with van der Waals surface area (Å²) in [6.45, 7) is 4.83. The molecule has 0 saturated heterocycles. The number of unbranched alkanes of at least 4 members (excludes halogenated alkanes) is 34. The third kappa shape index (κ3) is 49.3. The van der Waals surface area contributed by atoms with Gasteiger partial charge in [-0.1, -0.05) is 242 Å². The Balaban J connectivity index is 3.55. The van der Waals surface area contributed by atoms with Gasteiger partial charge in [0.2, 0.25) is 5.91 Å². The van der Waals surface area contributed by atoms with Crippen LogP contribution in [-0.2, 0) is 14.3 Å². The summed E-state index contributed by atoms with van der Waals surface area (Å²) in [5, 5.41) is 23.0. The number of hydrogen-bond donors (Lipinski definition) is 3. The molecule has 0 heterocycles. The van der Waals surface area contributed by atoms with E-state index in [1.54, 1.807) is 6.08 Å². The van der Waals surface area contributed by atoms with Gasteiger partial charge in [-0.2, -0.15) is 0 Å². The first-order chi connectivity index (χ1) is 31.5. The summed E-state index contributed by atoms with van der Waals surface area (Å²) in [5.41, 5.74) is 0. The van der Waals surface area contributed by atoms with E-state index in [2.05, 4.69) is 49.5 Å². The van der Waals surface area contributed by atoms with Gasteiger partial charge >= 0.3 is 5.97 Å². The van der Waals surface area contributed by atoms with E-state index in [0.29, 0.717) is 25.9 Å². The van der Waals surface area contributed by atoms with E-state index in [-0.39, 0.29) is 18.5 Å². The van der Waals surface area contributed by atoms with Crippen molar-refractivity contribution in [2.75, 3.05) is 13.2 Å². The average Bonchev–Trinajstić information content (AvgIpc) is 3.29. The molecule has 0 aliphatic rings. The topological polar surface area (TPSA) is 95.9 Å². The first-order valence-corrected chi connectivity index (χ1v) is 27.9. The molecule has 0 aromatic rings. The van der Waals surface area contributed by atoms with Crippen LogP contribution in [0.3, 0.4) is 0 Å². The maximum absolute atomic E-state index is 12.4. The SMILES string of the molecule is CCCCCCCC/C=C\CCCCCCCCCCCC(=O)OCCCCCCCC/C=C\C/C=C\CCC(=O)NC(CO)C(O)/C=C/CCCCCCCCCCCCCCC. The first kappa shape index (κ1) is 61.8. The minimum absolute atomic E-state index is 0.0195. The number of amides is 1. The second kappa shape index (κ2) is 53.4. The summed E-state index contributed by atoms with van der Waals surface area (Å²) in [4.78, 5) is 24.5. The van der Waals surface area contributed by atoms with Crippen LogP contribution in [0.4, 0.5) is 0 Å². The Morgan fingerprint density at radius 2 is 0.797 bits per heavy atom. The maximum atomic E-state index is 12.4. The van der Waals surface area contributed by atoms with Crippen molar-refractivity contribution >= 4 is 11.9 Å². The van der Waals surface area contributed by atoms with E-state index in [4.69, 9.17) is 4.74 Å². The first-order valence-electron chi connectivity index (χ1n) is 27.9. The molecule has 6 nitrogen and oxygen atoms in total. The fourth-order valence-electron chi connectivity index (χ4n) is 8.27. The molecule has 64 heavy (non-hydrogen) atoms. The zero-order chi connectivity index (χ0) is 46.5. The Morgan fingerprint density at radius 1 is 0.438 bits per heavy atom. The van der Waals surface area contributed by atoms with Gasteiger partial charge in [-0.15, -0.1) is 0 Å². The molecule has 374 valence electrons. The van der Waals surface area contributed by atoms with Gasteiger partial charge in [0, 0.05) is 12.8 Å². The second-order valence-electron chi connectivity index (χ2n) is 18.9. The predicted molar refractivity (Wildman–Crippen MR) is 278 cm³/mol. The van der Waals surface area contributed by atoms with Crippen LogP contribution in [0.15, 0.2) is 48.6 Å². The van der Waals surface area contributed by atoms with Crippen LogP contribution in [-0.4, -0.2) is 47.4 Å². The summed E-state index contributed by atoms with van der Waals surface area (Å²) >= 11 is 0. The molecule has 1 amide bonds. The predicted octanol–water partition coefficient (Wildman–Crippen LogP) is 17.0. The van der Waals surface area contributed by atoms with Gasteiger partial charge in [0.05, 0.1) is 25.4 Å². The second-order valence-corrected chi connectivity index (χ2v) is 18.9. The molecular formula is C58H107NO5. The number of rotatable bonds is 51. The minimum atomic E-state index is -0.880. The van der Waals surface area contributed by atoms with Crippen molar-refractivity contribution in [3.63, 3.8) is 0 Å². The number of nitrogens with one attached hydrogen (secondary N) is 1. The molecule has 0 spiro atoms. The van der Waals surface area contributed by atoms with E-state index < -0.39 is 12.1 Å². The van der Waals surface area contributed by atoms with E-state index in [1.807, 2.05) is 12.2 Å². The molecule has 2 unspecified atom stereocenters. The molecule has 2 atom stereocenters. The van der Waals surface area contributed by atoms with E-state index >= 15 is 0 Å². The molecule has 0 saturated carbocycles. The van der Waals surface area contributed by atoms with Crippen molar-refractivity contribution in [3.8, 4) is 0 Å². The summed E-state index contributed by atoms with van der Waals surface area (Å²) in [7, 11) is 0. The summed E-state index contributed by atoms with van der Waals surface area (Å²) in [6.07, 6.45) is 67.1. The summed E-state index contributed by atoms with van der Waals surface area (Å²) < 4.78 is 5.47. The van der Waals surface area contributed by atoms with Crippen LogP contribution in [0.25, 0.3) is 0 Å². The lowest BCUT2D eigenvalue weighted by Crippen LogP contribution is -2.45. The van der Waals surface area contributed by atoms with Crippen LogP contribution >= 0.6 is 0 Å². The standard InChI is InChI=1S/C58H107NO5/c1-3-5-7-9-11-13-15-17-19-20-21-22-24-28-32-36-40-44-48-52-58(63)64-53-49-45-41-37-33-29-25-27-31-35-39-43-47-51-57(62)59-55(54-60)56(61)50-46-42-38-34-30-26-23-18-16-14-12-10-8-6-4-2/h17,19,27,31,39,43,46,50,55-56,60-61H,3-16,18,20-26,28-30,32-38,40-42,44-45,47-49,51-54H2,1-2H3,(H,59,62)/b19-17-,31-27-,43-39-,50-46+. The van der Waals surface area contributed by atoms with Crippen molar-refractivity contribution in [1.82, 2.24) is 5.32 Å². The third-order valence-corrected chi connectivity index (χ3v) is 12.6. The quantitative estimate of drug-likeness (QED) is 0.0321. The summed E-state index contributed by atoms with van der Waals surface area (Å²) in [5.74, 6) is -0.168. The monoisotopic (exact) mass is 898 g/mol. The van der Waals surface area contributed by atoms with Crippen molar-refractivity contribution < 1.29 is 24.5 Å². The average molecular weight is 898 g/mol. The molecule has 0 aliphatic heterocycles. The normalized spacial score (nSPS) is 13.0. The highest BCUT2D eigenvalue weighted by atomic mass is 16.5. The number of esters is 1. The fourth-order valence-corrected chi connectivity index (χ4v) is 8.27. The van der Waals surface area contributed by atoms with Gasteiger partial charge in [-0.25, -0.2) is 0 Å². The lowest BCUT2D eigenvalue weighted by molar-refractivity contribution is -0.143. The van der Waals surface area contributed by atoms with Crippen LogP contribution in [0.2, 0.25) is 0 Å². The Bertz CT molecular complexity index is 1080. The van der Waals surface area contributed by atoms with Crippen LogP contribution in [0.5, 0.6) is 0 Å². The number of ether oxygens (including phenoxy) is 1. The van der Waals surface area contributed by atoms with Crippen LogP contribution in [0, 0.1) is 0 Å². The zero-order valence-electron chi connectivity index (χ0n) is 42.5. The largest absolute Gasteiger partial charge is 0.466 e. The molecule has 3 N–H and O–H groups in total. The van der Waals surface area contributed by atoms with Gasteiger partial charge in [-0.05, 0) is 77.0 Å². The third-order valence-electron chi connectivity index (χ3n) is 12.6. The van der Waals surface area contributed by atoms with Crippen LogP contribution in [0.1, 0.15) is 284 Å². The van der Waals surface area contributed by atoms with Crippen molar-refractivity contribution in [1.29, 1.82) is 0 Å². The number of carbonyl (C=O) groups excluding carboxylic acids is 2. The molecule has 0 radical (unpaired) electrons. The number of carbonyl (C=O) groups is 2. The van der Waals surface area contributed by atoms with Crippen molar-refractivity contribution in [2.45, 2.75) is 296 Å². The lowest BCUT2D eigenvalue weighted by Gasteiger charge is -2.19. The number of allylic oxidation sites excluding steroid dienone is 7. The van der Waals surface area contributed by atoms with Crippen molar-refractivity contribution in [3.05, 3.63) is 48.6 Å². The Kier molecular flexibility index (Phi) is 51.6. The Morgan fingerprint density at radius 3 is 1.23 bits per heavy atom. The zero-order valence-corrected chi connectivity index (χ0v) is 42.5. The van der Waals surface area contributed by atoms with E-state index in [0.717, 1.165) is 51.4 Å². The number of aliphatic hydroxyl groups excluding tert-OH is 2. The highest BCUT2D eigenvalue weighted by molar-refractivity contribution is 5.76. The lowest BCUT2D eigenvalue weighted by atomic mass is 10.0. The fraction of sp³-hybridized carbons (Fsp3) is 0.828. The smallest absolute Gasteiger partial charge is 0.305 e. The van der Waals surface area contributed by atoms with Gasteiger partial charge in [0.1, 0.15) is 0 Å². The van der Waals surface area contributed by atoms with Gasteiger partial charge in [-0.3, -0.25) is 9.59 Å². The minimum Gasteiger partial charge on any atom is -0.466 e. The van der Waals surface area contributed by atoms with E-state index in [9.17, 15) is 19.8 Å². The van der Waals surface area contributed by atoms with Crippen LogP contribution < -0.4 is 5.32 Å². The highest BCUT2D eigenvalue weighted by Gasteiger charge is 2.17. The van der Waals surface area contributed by atoms with E-state index in [1.165, 1.54) is 199 Å². The van der Waals surface area contributed by atoms with Gasteiger partial charge in [0.15, 0.2) is 0 Å². The molecule has 6 heteroatoms. The van der Waals surface area contributed by atoms with Gasteiger partial charge in [0.25, 0.3) is 0 Å². The maximum Gasteiger partial charge on any atom is 0.305 e. The molecular weight excluding hydrogens is 791 g/mol. The summed E-state index contributed by atoms with van der Waals surface area (Å²) in [6, 6.07) is -0.672. The molecule has 0 aliphatic carbocycles. The molecule has 0 fully saturated rings. The molecule has 0 rings (SSSR count). The van der Waals surface area contributed by atoms with Crippen molar-refractivity contribution in [2.24, 2.45) is 0 Å². The Hall–Kier alpha value is -2.18. The number of aliphatic hydroxyl groups is 2. The molecule has 0 aromatic heterocycles. The Labute approximate surface area is 397 Å². The number of hydrogen-bond acceptors (Lipinski definition) is 5. The highest BCUT2D eigenvalue weighted by Crippen LogP contribution is 2.15. The van der Waals surface area contributed by atoms with Gasteiger partial charge < -0.3 is 20.3 Å². The molecule has 0 aromatic carbocycles. The molecule has 0 bridgehead atoms.